The molecule has 0 aliphatic carbocycles. The highest BCUT2D eigenvalue weighted by Crippen LogP contribution is 2.27. The fourth-order valence-corrected chi connectivity index (χ4v) is 1.04. The summed E-state index contributed by atoms with van der Waals surface area (Å²) in [5.41, 5.74) is -1.45. The molecule has 0 saturated carbocycles. The van der Waals surface area contributed by atoms with Crippen LogP contribution in [0, 0.1) is 28.1 Å². The fourth-order valence-electron chi connectivity index (χ4n) is 1.04. The van der Waals surface area contributed by atoms with E-state index in [4.69, 9.17) is 10.5 Å². The first-order valence-corrected chi connectivity index (χ1v) is 3.27. The molecule has 2 amide bonds. The minimum absolute atomic E-state index is 0.217. The topological polar surface area (TPSA) is 93.8 Å². The predicted octanol–water partition coefficient (Wildman–Crippen LogP) is -0.543. The van der Waals surface area contributed by atoms with Gasteiger partial charge in [-0.05, 0) is 0 Å². The number of carbonyl (C=O) groups excluding carboxylic acids is 2. The summed E-state index contributed by atoms with van der Waals surface area (Å²) in [7, 11) is 0. The van der Waals surface area contributed by atoms with E-state index in [0.717, 1.165) is 0 Å². The van der Waals surface area contributed by atoms with E-state index < -0.39 is 17.2 Å². The van der Waals surface area contributed by atoms with Gasteiger partial charge >= 0.3 is 0 Å². The molecule has 60 valence electrons. The smallest absolute Gasteiger partial charge is 0.229 e. The maximum atomic E-state index is 10.8. The van der Waals surface area contributed by atoms with Crippen molar-refractivity contribution in [1.29, 1.82) is 10.5 Å². The molecule has 0 atom stereocenters. The molecular formula is C7H5N3O2. The SMILES string of the molecule is N#CC1(C#N)CC(=O)NC(=O)C1. The zero-order valence-corrected chi connectivity index (χ0v) is 6.13. The molecule has 0 aromatic heterocycles. The molecule has 1 fully saturated rings. The molecular weight excluding hydrogens is 158 g/mol. The summed E-state index contributed by atoms with van der Waals surface area (Å²) in [4.78, 5) is 21.5. The number of amides is 2. The minimum Gasteiger partial charge on any atom is -0.296 e. The van der Waals surface area contributed by atoms with Crippen molar-refractivity contribution < 1.29 is 9.59 Å². The third kappa shape index (κ3) is 1.25. The van der Waals surface area contributed by atoms with Crippen molar-refractivity contribution in [1.82, 2.24) is 5.32 Å². The number of nitrogens with zero attached hydrogens (tertiary/aromatic N) is 2. The van der Waals surface area contributed by atoms with E-state index in [2.05, 4.69) is 0 Å². The highest BCUT2D eigenvalue weighted by atomic mass is 16.2. The number of rotatable bonds is 0. The minimum atomic E-state index is -1.45. The Bertz CT molecular complexity index is 289. The second kappa shape index (κ2) is 2.63. The number of carbonyl (C=O) groups is 2. The van der Waals surface area contributed by atoms with E-state index in [1.54, 1.807) is 12.1 Å². The van der Waals surface area contributed by atoms with E-state index in [9.17, 15) is 9.59 Å². The molecule has 0 bridgehead atoms. The third-order valence-corrected chi connectivity index (χ3v) is 1.63. The van der Waals surface area contributed by atoms with Crippen LogP contribution in [0.15, 0.2) is 0 Å². The van der Waals surface area contributed by atoms with E-state index >= 15 is 0 Å². The van der Waals surface area contributed by atoms with Crippen LogP contribution in [0.25, 0.3) is 0 Å². The van der Waals surface area contributed by atoms with Crippen LogP contribution in [-0.4, -0.2) is 11.8 Å². The average Bonchev–Trinajstić information content (AvgIpc) is 2.02. The molecule has 1 rings (SSSR count). The third-order valence-electron chi connectivity index (χ3n) is 1.63. The summed E-state index contributed by atoms with van der Waals surface area (Å²) < 4.78 is 0. The zero-order valence-electron chi connectivity index (χ0n) is 6.13. The van der Waals surface area contributed by atoms with Gasteiger partial charge in [0.1, 0.15) is 0 Å². The van der Waals surface area contributed by atoms with Gasteiger partial charge in [-0.2, -0.15) is 10.5 Å². The second-order valence-electron chi connectivity index (χ2n) is 2.63. The van der Waals surface area contributed by atoms with Gasteiger partial charge in [0.2, 0.25) is 11.8 Å². The lowest BCUT2D eigenvalue weighted by molar-refractivity contribution is -0.135. The first kappa shape index (κ1) is 8.22. The van der Waals surface area contributed by atoms with Gasteiger partial charge < -0.3 is 0 Å². The summed E-state index contributed by atoms with van der Waals surface area (Å²) in [6, 6.07) is 3.37. The highest BCUT2D eigenvalue weighted by Gasteiger charge is 2.40. The first-order valence-electron chi connectivity index (χ1n) is 3.27. The predicted molar refractivity (Wildman–Crippen MR) is 36.0 cm³/mol. The molecule has 0 aromatic carbocycles. The van der Waals surface area contributed by atoms with Gasteiger partial charge in [-0.3, -0.25) is 14.9 Å². The average molecular weight is 163 g/mol. The molecule has 0 spiro atoms. The molecule has 12 heavy (non-hydrogen) atoms. The van der Waals surface area contributed by atoms with Crippen LogP contribution in [0.4, 0.5) is 0 Å². The van der Waals surface area contributed by atoms with Crippen LogP contribution < -0.4 is 5.32 Å². The van der Waals surface area contributed by atoms with Gasteiger partial charge in [-0.25, -0.2) is 0 Å². The van der Waals surface area contributed by atoms with Gasteiger partial charge in [0.05, 0.1) is 25.0 Å². The zero-order chi connectivity index (χ0) is 9.19. The number of hydrogen-bond acceptors (Lipinski definition) is 4. The quantitative estimate of drug-likeness (QED) is 0.485. The molecule has 0 radical (unpaired) electrons. The van der Waals surface area contributed by atoms with Crippen molar-refractivity contribution in [2.24, 2.45) is 5.41 Å². The number of nitrogens with one attached hydrogen (secondary N) is 1. The van der Waals surface area contributed by atoms with Gasteiger partial charge in [0.25, 0.3) is 0 Å². The van der Waals surface area contributed by atoms with Crippen LogP contribution >= 0.6 is 0 Å². The number of hydrogen-bond donors (Lipinski definition) is 1. The van der Waals surface area contributed by atoms with Crippen LogP contribution in [0.1, 0.15) is 12.8 Å². The molecule has 1 aliphatic rings. The second-order valence-corrected chi connectivity index (χ2v) is 2.63. The maximum Gasteiger partial charge on any atom is 0.229 e. The van der Waals surface area contributed by atoms with E-state index in [1.807, 2.05) is 5.32 Å². The van der Waals surface area contributed by atoms with Crippen LogP contribution in [0.5, 0.6) is 0 Å². The van der Waals surface area contributed by atoms with Gasteiger partial charge in [0, 0.05) is 0 Å². The standard InChI is InChI=1S/C7H5N3O2/c8-3-7(4-9)1-5(11)10-6(12)2-7/h1-2H2,(H,10,11,12). The fraction of sp³-hybridized carbons (Fsp3) is 0.429. The summed E-state index contributed by atoms with van der Waals surface area (Å²) in [5, 5.41) is 19.2. The van der Waals surface area contributed by atoms with Gasteiger partial charge in [-0.1, -0.05) is 0 Å². The van der Waals surface area contributed by atoms with E-state index in [0.29, 0.717) is 0 Å². The number of nitriles is 2. The Balaban J connectivity index is 2.95. The molecule has 5 heteroatoms. The number of piperidine rings is 1. The van der Waals surface area contributed by atoms with Crippen LogP contribution in [-0.2, 0) is 9.59 Å². The molecule has 0 aromatic rings. The van der Waals surface area contributed by atoms with Crippen LogP contribution in [0.2, 0.25) is 0 Å². The lowest BCUT2D eigenvalue weighted by Gasteiger charge is -2.21. The highest BCUT2D eigenvalue weighted by molar-refractivity contribution is 5.99. The van der Waals surface area contributed by atoms with Crippen molar-refractivity contribution in [2.75, 3.05) is 0 Å². The van der Waals surface area contributed by atoms with Crippen molar-refractivity contribution in [3.05, 3.63) is 0 Å². The Hall–Kier alpha value is -1.88. The first-order chi connectivity index (χ1) is 5.62. The van der Waals surface area contributed by atoms with E-state index in [1.165, 1.54) is 0 Å². The molecule has 1 saturated heterocycles. The van der Waals surface area contributed by atoms with Crippen molar-refractivity contribution in [3.8, 4) is 12.1 Å². The Labute approximate surface area is 68.6 Å². The summed E-state index contributed by atoms with van der Waals surface area (Å²) in [6.07, 6.45) is -0.433. The summed E-state index contributed by atoms with van der Waals surface area (Å²) in [5.74, 6) is -1.12. The Kier molecular flexibility index (Phi) is 1.80. The van der Waals surface area contributed by atoms with Crippen LogP contribution in [0.3, 0.4) is 0 Å². The normalized spacial score (nSPS) is 20.5. The van der Waals surface area contributed by atoms with Gasteiger partial charge in [0.15, 0.2) is 5.41 Å². The number of imide groups is 1. The Morgan fingerprint density at radius 1 is 1.17 bits per heavy atom. The maximum absolute atomic E-state index is 10.8. The van der Waals surface area contributed by atoms with E-state index in [-0.39, 0.29) is 12.8 Å². The molecule has 1 heterocycles. The molecule has 1 aliphatic heterocycles. The summed E-state index contributed by atoms with van der Waals surface area (Å²) in [6.45, 7) is 0. The molecule has 0 unspecified atom stereocenters. The van der Waals surface area contributed by atoms with Crippen molar-refractivity contribution in [3.63, 3.8) is 0 Å². The Morgan fingerprint density at radius 2 is 1.58 bits per heavy atom. The van der Waals surface area contributed by atoms with Gasteiger partial charge in [-0.15, -0.1) is 0 Å². The summed E-state index contributed by atoms with van der Waals surface area (Å²) >= 11 is 0. The molecule has 1 N–H and O–H groups in total. The molecule has 5 nitrogen and oxygen atoms in total. The Morgan fingerprint density at radius 3 is 1.92 bits per heavy atom. The van der Waals surface area contributed by atoms with Crippen molar-refractivity contribution >= 4 is 11.8 Å². The van der Waals surface area contributed by atoms with Crippen molar-refractivity contribution in [2.45, 2.75) is 12.8 Å². The lowest BCUT2D eigenvalue weighted by Crippen LogP contribution is -2.43. The largest absolute Gasteiger partial charge is 0.296 e. The lowest BCUT2D eigenvalue weighted by atomic mass is 9.81. The monoisotopic (exact) mass is 163 g/mol.